The molecule has 0 aliphatic carbocycles. The molecule has 0 bridgehead atoms. The van der Waals surface area contributed by atoms with E-state index in [9.17, 15) is 9.59 Å². The molecule has 1 aromatic rings. The molecule has 0 heterocycles. The van der Waals surface area contributed by atoms with Crippen LogP contribution >= 0.6 is 15.9 Å². The van der Waals surface area contributed by atoms with E-state index in [-0.39, 0.29) is 11.8 Å². The predicted molar refractivity (Wildman–Crippen MR) is 89.2 cm³/mol. The molecular formula is C16H23BrN2O2. The smallest absolute Gasteiger partial charge is 0.239 e. The first-order valence-electron chi connectivity index (χ1n) is 7.11. The van der Waals surface area contributed by atoms with Gasteiger partial charge in [-0.3, -0.25) is 9.59 Å². The number of amides is 2. The molecule has 5 heteroatoms. The summed E-state index contributed by atoms with van der Waals surface area (Å²) >= 11 is 3.43. The lowest BCUT2D eigenvalue weighted by Gasteiger charge is -2.29. The number of hydrogen-bond acceptors (Lipinski definition) is 2. The molecule has 0 aromatic heterocycles. The van der Waals surface area contributed by atoms with Gasteiger partial charge in [0.1, 0.15) is 5.41 Å². The predicted octanol–water partition coefficient (Wildman–Crippen LogP) is 3.59. The summed E-state index contributed by atoms with van der Waals surface area (Å²) in [5, 5.41) is 2.83. The van der Waals surface area contributed by atoms with Crippen LogP contribution in [0.5, 0.6) is 0 Å². The van der Waals surface area contributed by atoms with Crippen LogP contribution in [0.15, 0.2) is 22.7 Å². The number of carbonyl (C=O) groups is 2. The minimum Gasteiger partial charge on any atom is -0.342 e. The van der Waals surface area contributed by atoms with Gasteiger partial charge in [-0.1, -0.05) is 6.07 Å². The summed E-state index contributed by atoms with van der Waals surface area (Å²) in [6.45, 7) is 10.3. The third-order valence-electron chi connectivity index (χ3n) is 3.53. The molecule has 0 aliphatic rings. The summed E-state index contributed by atoms with van der Waals surface area (Å²) in [5.74, 6) is -0.461. The molecule has 0 saturated heterocycles. The van der Waals surface area contributed by atoms with Crippen molar-refractivity contribution in [1.29, 1.82) is 0 Å². The molecule has 21 heavy (non-hydrogen) atoms. The standard InChI is InChI=1S/C16H23BrN2O2/c1-6-19(7-2)15(21)16(4,5)14(20)18-13-9-8-11(3)10-12(13)17/h8-10H,6-7H2,1-5H3,(H,18,20). The lowest BCUT2D eigenvalue weighted by atomic mass is 9.90. The molecule has 0 aliphatic heterocycles. The van der Waals surface area contributed by atoms with Gasteiger partial charge in [0.15, 0.2) is 0 Å². The van der Waals surface area contributed by atoms with Crippen LogP contribution in [0, 0.1) is 12.3 Å². The molecule has 4 nitrogen and oxygen atoms in total. The van der Waals surface area contributed by atoms with Gasteiger partial charge in [0.05, 0.1) is 5.69 Å². The summed E-state index contributed by atoms with van der Waals surface area (Å²) in [6, 6.07) is 5.67. The van der Waals surface area contributed by atoms with Crippen LogP contribution in [0.3, 0.4) is 0 Å². The van der Waals surface area contributed by atoms with Gasteiger partial charge in [0.2, 0.25) is 11.8 Å². The Bertz CT molecular complexity index is 537. The first-order valence-corrected chi connectivity index (χ1v) is 7.90. The van der Waals surface area contributed by atoms with Gasteiger partial charge in [0.25, 0.3) is 0 Å². The summed E-state index contributed by atoms with van der Waals surface area (Å²) in [7, 11) is 0. The summed E-state index contributed by atoms with van der Waals surface area (Å²) in [6.07, 6.45) is 0. The van der Waals surface area contributed by atoms with Crippen LogP contribution in [-0.2, 0) is 9.59 Å². The number of hydrogen-bond donors (Lipinski definition) is 1. The second-order valence-corrected chi connectivity index (χ2v) is 6.39. The second-order valence-electron chi connectivity index (χ2n) is 5.54. The molecule has 0 unspecified atom stereocenters. The van der Waals surface area contributed by atoms with E-state index in [4.69, 9.17) is 0 Å². The maximum atomic E-state index is 12.5. The van der Waals surface area contributed by atoms with E-state index in [1.807, 2.05) is 39.0 Å². The van der Waals surface area contributed by atoms with Gasteiger partial charge in [-0.15, -0.1) is 0 Å². The molecule has 2 amide bonds. The second kappa shape index (κ2) is 7.07. The third kappa shape index (κ3) is 4.06. The van der Waals surface area contributed by atoms with Crippen LogP contribution in [0.4, 0.5) is 5.69 Å². The average molecular weight is 355 g/mol. The highest BCUT2D eigenvalue weighted by Crippen LogP contribution is 2.27. The van der Waals surface area contributed by atoms with Crippen molar-refractivity contribution in [2.45, 2.75) is 34.6 Å². The van der Waals surface area contributed by atoms with E-state index in [2.05, 4.69) is 21.2 Å². The quantitative estimate of drug-likeness (QED) is 0.821. The highest BCUT2D eigenvalue weighted by atomic mass is 79.9. The number of nitrogens with zero attached hydrogens (tertiary/aromatic N) is 1. The Hall–Kier alpha value is -1.36. The minimum absolute atomic E-state index is 0.159. The van der Waals surface area contributed by atoms with E-state index in [0.29, 0.717) is 18.8 Å². The number of anilines is 1. The highest BCUT2D eigenvalue weighted by molar-refractivity contribution is 9.10. The van der Waals surface area contributed by atoms with E-state index < -0.39 is 5.41 Å². The van der Waals surface area contributed by atoms with E-state index in [0.717, 1.165) is 10.0 Å². The summed E-state index contributed by atoms with van der Waals surface area (Å²) < 4.78 is 0.807. The fourth-order valence-electron chi connectivity index (χ4n) is 2.00. The van der Waals surface area contributed by atoms with Crippen molar-refractivity contribution in [1.82, 2.24) is 4.90 Å². The van der Waals surface area contributed by atoms with E-state index in [1.54, 1.807) is 18.7 Å². The van der Waals surface area contributed by atoms with Crippen molar-refractivity contribution in [3.8, 4) is 0 Å². The van der Waals surface area contributed by atoms with Crippen molar-refractivity contribution < 1.29 is 9.59 Å². The van der Waals surface area contributed by atoms with Crippen molar-refractivity contribution in [3.05, 3.63) is 28.2 Å². The molecule has 1 N–H and O–H groups in total. The van der Waals surface area contributed by atoms with Crippen LogP contribution in [-0.4, -0.2) is 29.8 Å². The summed E-state index contributed by atoms with van der Waals surface area (Å²) in [5.41, 5.74) is 0.667. The van der Waals surface area contributed by atoms with Crippen LogP contribution in [0.1, 0.15) is 33.3 Å². The molecule has 0 radical (unpaired) electrons. The zero-order valence-corrected chi connectivity index (χ0v) is 14.9. The Morgan fingerprint density at radius 2 is 1.81 bits per heavy atom. The Morgan fingerprint density at radius 1 is 1.24 bits per heavy atom. The van der Waals surface area contributed by atoms with Gasteiger partial charge >= 0.3 is 0 Å². The third-order valence-corrected chi connectivity index (χ3v) is 4.18. The molecule has 0 saturated carbocycles. The van der Waals surface area contributed by atoms with Crippen LogP contribution in [0.2, 0.25) is 0 Å². The fraction of sp³-hybridized carbons (Fsp3) is 0.500. The average Bonchev–Trinajstić information content (AvgIpc) is 2.42. The SMILES string of the molecule is CCN(CC)C(=O)C(C)(C)C(=O)Nc1ccc(C)cc1Br. The van der Waals surface area contributed by atoms with Crippen LogP contribution in [0.25, 0.3) is 0 Å². The van der Waals surface area contributed by atoms with Crippen molar-refractivity contribution >= 4 is 33.4 Å². The Balaban J connectivity index is 2.93. The molecular weight excluding hydrogens is 332 g/mol. The monoisotopic (exact) mass is 354 g/mol. The lowest BCUT2D eigenvalue weighted by Crippen LogP contribution is -2.47. The van der Waals surface area contributed by atoms with Crippen molar-refractivity contribution in [2.75, 3.05) is 18.4 Å². The lowest BCUT2D eigenvalue weighted by molar-refractivity contribution is -0.146. The number of rotatable bonds is 5. The topological polar surface area (TPSA) is 49.4 Å². The molecule has 116 valence electrons. The number of carbonyl (C=O) groups excluding carboxylic acids is 2. The van der Waals surface area contributed by atoms with Crippen LogP contribution < -0.4 is 5.32 Å². The Morgan fingerprint density at radius 3 is 2.29 bits per heavy atom. The van der Waals surface area contributed by atoms with Gasteiger partial charge in [-0.05, 0) is 68.2 Å². The number of benzene rings is 1. The fourth-order valence-corrected chi connectivity index (χ4v) is 2.60. The van der Waals surface area contributed by atoms with Crippen molar-refractivity contribution in [2.24, 2.45) is 5.41 Å². The highest BCUT2D eigenvalue weighted by Gasteiger charge is 2.38. The molecule has 1 aromatic carbocycles. The first kappa shape index (κ1) is 17.7. The molecule has 0 spiro atoms. The van der Waals surface area contributed by atoms with Gasteiger partial charge in [-0.25, -0.2) is 0 Å². The largest absolute Gasteiger partial charge is 0.342 e. The zero-order chi connectivity index (χ0) is 16.2. The molecule has 1 rings (SSSR count). The number of nitrogens with one attached hydrogen (secondary N) is 1. The molecule has 0 atom stereocenters. The van der Waals surface area contributed by atoms with Gasteiger partial charge in [-0.2, -0.15) is 0 Å². The van der Waals surface area contributed by atoms with Crippen molar-refractivity contribution in [3.63, 3.8) is 0 Å². The first-order chi connectivity index (χ1) is 9.73. The summed E-state index contributed by atoms with van der Waals surface area (Å²) in [4.78, 5) is 26.6. The van der Waals surface area contributed by atoms with Gasteiger partial charge < -0.3 is 10.2 Å². The van der Waals surface area contributed by atoms with Gasteiger partial charge in [0, 0.05) is 17.6 Å². The maximum Gasteiger partial charge on any atom is 0.239 e. The Labute approximate surface area is 135 Å². The van der Waals surface area contributed by atoms with E-state index in [1.165, 1.54) is 0 Å². The maximum absolute atomic E-state index is 12.5. The molecule has 0 fully saturated rings. The number of aryl methyl sites for hydroxylation is 1. The minimum atomic E-state index is -1.10. The number of halogens is 1. The zero-order valence-electron chi connectivity index (χ0n) is 13.3. The normalized spacial score (nSPS) is 11.1. The Kier molecular flexibility index (Phi) is 5.96. The van der Waals surface area contributed by atoms with E-state index >= 15 is 0 Å².